The quantitative estimate of drug-likeness (QED) is 0.0312. The number of ether oxygens (including phenoxy) is 2. The molecule has 0 unspecified atom stereocenters. The average Bonchev–Trinajstić information content (AvgIpc) is 3.32. The number of alkyl carbamates (subject to hydrolysis) is 1. The zero-order valence-corrected chi connectivity index (χ0v) is 28.5. The summed E-state index contributed by atoms with van der Waals surface area (Å²) in [6.07, 6.45) is 3.53. The number of carbonyl (C=O) groups is 2. The molecule has 1 aromatic heterocycles. The Balaban J connectivity index is 2.58. The van der Waals surface area contributed by atoms with Crippen molar-refractivity contribution in [3.05, 3.63) is 54.5 Å². The van der Waals surface area contributed by atoms with Crippen molar-refractivity contribution in [3.8, 4) is 11.3 Å². The standard InChI is InChI=1S/C32H49N5O6Si/c1-11-12-25(36-31(39)43-32(4,5)6)30-35-27(20-41-17-18-44(8,9)10)29(37-30)24-15-14-23(33-21-42-40-7)19-26(24)34-28(38)16-13-22(2)3/h11,14-15,19,21,25H,1-2,12-13,16-18,20H2,3-10H3,(H,34,38)(H,35,37)(H,36,39)/t25-/m0/s1. The fourth-order valence-electron chi connectivity index (χ4n) is 3.92. The number of aromatic nitrogens is 2. The number of carbonyl (C=O) groups excluding carboxylic acids is 2. The van der Waals surface area contributed by atoms with Crippen molar-refractivity contribution in [2.45, 2.75) is 90.9 Å². The monoisotopic (exact) mass is 627 g/mol. The van der Waals surface area contributed by atoms with E-state index in [1.807, 2.05) is 13.0 Å². The van der Waals surface area contributed by atoms with E-state index in [0.29, 0.717) is 53.6 Å². The number of benzene rings is 1. The van der Waals surface area contributed by atoms with Crippen LogP contribution in [0.4, 0.5) is 16.2 Å². The number of amides is 2. The Morgan fingerprint density at radius 1 is 1.20 bits per heavy atom. The SMILES string of the molecule is C=CC[C@H](NC(=O)OC(C)(C)C)c1nc(-c2ccc(N=COOC)cc2NC(=O)CCC(=C)C)c(COCC[Si](C)(C)C)[nH]1. The summed E-state index contributed by atoms with van der Waals surface area (Å²) >= 11 is 0. The van der Waals surface area contributed by atoms with Crippen molar-refractivity contribution in [3.63, 3.8) is 0 Å². The van der Waals surface area contributed by atoms with Gasteiger partial charge in [-0.2, -0.15) is 4.89 Å². The van der Waals surface area contributed by atoms with Crippen molar-refractivity contribution in [2.75, 3.05) is 19.0 Å². The van der Waals surface area contributed by atoms with Gasteiger partial charge in [-0.1, -0.05) is 31.3 Å². The van der Waals surface area contributed by atoms with Gasteiger partial charge in [0.05, 0.1) is 42.5 Å². The number of H-pyrrole nitrogens is 1. The number of allylic oxidation sites excluding steroid dienone is 1. The molecule has 0 aliphatic heterocycles. The molecule has 0 radical (unpaired) electrons. The largest absolute Gasteiger partial charge is 0.444 e. The highest BCUT2D eigenvalue weighted by molar-refractivity contribution is 6.76. The molecule has 1 heterocycles. The molecule has 2 amide bonds. The van der Waals surface area contributed by atoms with Gasteiger partial charge in [0, 0.05) is 26.7 Å². The summed E-state index contributed by atoms with van der Waals surface area (Å²) in [5.74, 6) is 0.327. The van der Waals surface area contributed by atoms with Crippen LogP contribution in [0.1, 0.15) is 64.5 Å². The number of hydrogen-bond donors (Lipinski definition) is 3. The Morgan fingerprint density at radius 2 is 1.93 bits per heavy atom. The molecule has 1 aromatic carbocycles. The third kappa shape index (κ3) is 13.3. The number of hydrogen-bond acceptors (Lipinski definition) is 8. The van der Waals surface area contributed by atoms with E-state index in [1.165, 1.54) is 7.11 Å². The smallest absolute Gasteiger partial charge is 0.408 e. The van der Waals surface area contributed by atoms with Gasteiger partial charge in [0.2, 0.25) is 12.3 Å². The van der Waals surface area contributed by atoms with E-state index in [1.54, 1.807) is 39.0 Å². The molecule has 2 rings (SSSR count). The highest BCUT2D eigenvalue weighted by Gasteiger charge is 2.25. The summed E-state index contributed by atoms with van der Waals surface area (Å²) in [7, 11) is 0.0693. The van der Waals surface area contributed by atoms with Crippen LogP contribution >= 0.6 is 0 Å². The van der Waals surface area contributed by atoms with Crippen molar-refractivity contribution < 1.29 is 28.8 Å². The molecule has 12 heteroatoms. The van der Waals surface area contributed by atoms with Gasteiger partial charge in [-0.25, -0.2) is 14.8 Å². The van der Waals surface area contributed by atoms with Crippen LogP contribution in [0.15, 0.2) is 48.0 Å². The van der Waals surface area contributed by atoms with Gasteiger partial charge in [0.1, 0.15) is 11.4 Å². The normalized spacial score (nSPS) is 12.5. The molecule has 0 bridgehead atoms. The summed E-state index contributed by atoms with van der Waals surface area (Å²) in [5.41, 5.74) is 3.21. The molecule has 3 N–H and O–H groups in total. The van der Waals surface area contributed by atoms with E-state index >= 15 is 0 Å². The Morgan fingerprint density at radius 3 is 2.55 bits per heavy atom. The van der Waals surface area contributed by atoms with Gasteiger partial charge in [-0.3, -0.25) is 4.79 Å². The maximum atomic E-state index is 12.9. The van der Waals surface area contributed by atoms with E-state index in [0.717, 1.165) is 18.0 Å². The first-order chi connectivity index (χ1) is 20.6. The highest BCUT2D eigenvalue weighted by Crippen LogP contribution is 2.35. The first-order valence-corrected chi connectivity index (χ1v) is 18.4. The topological polar surface area (TPSA) is 136 Å². The van der Waals surface area contributed by atoms with Crippen LogP contribution in [0, 0.1) is 0 Å². The molecule has 11 nitrogen and oxygen atoms in total. The third-order valence-electron chi connectivity index (χ3n) is 6.12. The predicted molar refractivity (Wildman–Crippen MR) is 178 cm³/mol. The van der Waals surface area contributed by atoms with Crippen LogP contribution in [0.3, 0.4) is 0 Å². The molecular weight excluding hydrogens is 578 g/mol. The van der Waals surface area contributed by atoms with Gasteiger partial charge in [0.25, 0.3) is 0 Å². The van der Waals surface area contributed by atoms with Crippen molar-refractivity contribution in [2.24, 2.45) is 4.99 Å². The molecule has 44 heavy (non-hydrogen) atoms. The van der Waals surface area contributed by atoms with Crippen LogP contribution in [0.5, 0.6) is 0 Å². The zero-order chi connectivity index (χ0) is 32.9. The number of nitrogens with zero attached hydrogens (tertiary/aromatic N) is 2. The average molecular weight is 628 g/mol. The molecule has 242 valence electrons. The number of nitrogens with one attached hydrogen (secondary N) is 3. The lowest BCUT2D eigenvalue weighted by Gasteiger charge is -2.22. The second-order valence-corrected chi connectivity index (χ2v) is 18.4. The number of anilines is 1. The number of imidazole rings is 1. The van der Waals surface area contributed by atoms with Crippen LogP contribution in [0.25, 0.3) is 11.3 Å². The number of aliphatic imine (C=N–C) groups is 1. The van der Waals surface area contributed by atoms with Gasteiger partial charge >= 0.3 is 6.09 Å². The molecule has 0 aliphatic carbocycles. The van der Waals surface area contributed by atoms with Gasteiger partial charge in [0.15, 0.2) is 0 Å². The second kappa shape index (κ2) is 16.9. The van der Waals surface area contributed by atoms with E-state index in [-0.39, 0.29) is 18.9 Å². The van der Waals surface area contributed by atoms with Crippen LogP contribution < -0.4 is 10.6 Å². The summed E-state index contributed by atoms with van der Waals surface area (Å²) in [5, 5.41) is 5.91. The minimum absolute atomic E-state index is 0.177. The summed E-state index contributed by atoms with van der Waals surface area (Å²) in [6, 6.07) is 5.79. The van der Waals surface area contributed by atoms with Crippen molar-refractivity contribution >= 4 is 37.8 Å². The van der Waals surface area contributed by atoms with Crippen molar-refractivity contribution in [1.82, 2.24) is 15.3 Å². The van der Waals surface area contributed by atoms with Crippen molar-refractivity contribution in [1.29, 1.82) is 0 Å². The van der Waals surface area contributed by atoms with E-state index < -0.39 is 25.8 Å². The molecule has 2 aromatic rings. The van der Waals surface area contributed by atoms with E-state index in [9.17, 15) is 9.59 Å². The zero-order valence-electron chi connectivity index (χ0n) is 27.5. The maximum absolute atomic E-state index is 12.9. The molecular formula is C32H49N5O6Si. The summed E-state index contributed by atoms with van der Waals surface area (Å²) in [6.45, 7) is 22.8. The van der Waals surface area contributed by atoms with Gasteiger partial charge in [-0.15, -0.1) is 13.2 Å². The first kappa shape index (κ1) is 36.4. The number of aromatic amines is 1. The molecule has 0 fully saturated rings. The van der Waals surface area contributed by atoms with Gasteiger partial charge < -0.3 is 30.0 Å². The molecule has 1 atom stereocenters. The fourth-order valence-corrected chi connectivity index (χ4v) is 4.67. The van der Waals surface area contributed by atoms with Crippen LogP contribution in [-0.4, -0.2) is 55.8 Å². The van der Waals surface area contributed by atoms with Crippen LogP contribution in [-0.2, 0) is 30.7 Å². The fraction of sp³-hybridized carbons (Fsp3) is 0.500. The van der Waals surface area contributed by atoms with Gasteiger partial charge in [-0.05, 0) is 64.8 Å². The highest BCUT2D eigenvalue weighted by atomic mass is 28.3. The predicted octanol–water partition coefficient (Wildman–Crippen LogP) is 7.61. The Hall–Kier alpha value is -3.74. The lowest BCUT2D eigenvalue weighted by Crippen LogP contribution is -2.35. The maximum Gasteiger partial charge on any atom is 0.408 e. The Bertz CT molecular complexity index is 1310. The van der Waals surface area contributed by atoms with Crippen LogP contribution in [0.2, 0.25) is 25.7 Å². The number of rotatable bonds is 17. The third-order valence-corrected chi connectivity index (χ3v) is 7.82. The Labute approximate surface area is 262 Å². The molecule has 0 spiro atoms. The first-order valence-electron chi connectivity index (χ1n) is 14.7. The molecule has 0 saturated carbocycles. The lowest BCUT2D eigenvalue weighted by atomic mass is 10.1. The second-order valence-electron chi connectivity index (χ2n) is 12.8. The van der Waals surface area contributed by atoms with E-state index in [4.69, 9.17) is 19.3 Å². The van der Waals surface area contributed by atoms with E-state index in [2.05, 4.69) is 58.3 Å². The molecule has 0 saturated heterocycles. The summed E-state index contributed by atoms with van der Waals surface area (Å²) < 4.78 is 11.6. The minimum Gasteiger partial charge on any atom is -0.444 e. The summed E-state index contributed by atoms with van der Waals surface area (Å²) in [4.78, 5) is 47.5. The Kier molecular flexibility index (Phi) is 14.0. The lowest BCUT2D eigenvalue weighted by molar-refractivity contribution is -0.187. The minimum atomic E-state index is -1.31. The molecule has 0 aliphatic rings.